The Hall–Kier alpha value is -2.60. The molecule has 0 spiro atoms. The molecule has 1 unspecified atom stereocenters. The second-order valence-electron chi connectivity index (χ2n) is 6.86. The van der Waals surface area contributed by atoms with Gasteiger partial charge >= 0.3 is 6.03 Å². The number of amides is 2. The molecule has 26 heavy (non-hydrogen) atoms. The molecule has 0 saturated carbocycles. The van der Waals surface area contributed by atoms with Crippen molar-refractivity contribution in [2.45, 2.75) is 25.4 Å². The number of benzene rings is 1. The highest BCUT2D eigenvalue weighted by molar-refractivity contribution is 5.96. The lowest BCUT2D eigenvalue weighted by atomic mass is 10.1. The molecule has 1 aromatic carbocycles. The lowest BCUT2D eigenvalue weighted by Crippen LogP contribution is -2.50. The molecule has 1 aromatic heterocycles. The molecule has 0 aliphatic carbocycles. The minimum Gasteiger partial charge on any atom is -0.362 e. The number of anilines is 2. The second-order valence-corrected chi connectivity index (χ2v) is 6.86. The summed E-state index contributed by atoms with van der Waals surface area (Å²) in [5.74, 6) is 0. The van der Waals surface area contributed by atoms with Crippen LogP contribution in [-0.2, 0) is 6.54 Å². The van der Waals surface area contributed by atoms with Crippen LogP contribution in [0.4, 0.5) is 16.2 Å². The molecule has 1 saturated heterocycles. The molecule has 1 fully saturated rings. The molecular formula is C20H25N5O. The van der Waals surface area contributed by atoms with Crippen molar-refractivity contribution in [3.63, 3.8) is 0 Å². The summed E-state index contributed by atoms with van der Waals surface area (Å²) < 4.78 is 0. The average Bonchev–Trinajstić information content (AvgIpc) is 3.21. The first-order valence-corrected chi connectivity index (χ1v) is 9.34. The zero-order chi connectivity index (χ0) is 17.8. The van der Waals surface area contributed by atoms with Crippen molar-refractivity contribution in [2.75, 3.05) is 36.0 Å². The van der Waals surface area contributed by atoms with E-state index < -0.39 is 0 Å². The number of nitrogens with one attached hydrogen (secondary N) is 2. The van der Waals surface area contributed by atoms with Crippen LogP contribution < -0.4 is 20.4 Å². The SMILES string of the molecule is O=C(NCC1CCCN1)N1CCN(Cc2ccccn2)c2ccccc21. The van der Waals surface area contributed by atoms with E-state index in [-0.39, 0.29) is 6.03 Å². The Bertz CT molecular complexity index is 745. The zero-order valence-corrected chi connectivity index (χ0v) is 14.9. The van der Waals surface area contributed by atoms with Gasteiger partial charge < -0.3 is 15.5 Å². The molecule has 2 aliphatic heterocycles. The quantitative estimate of drug-likeness (QED) is 0.888. The Kier molecular flexibility index (Phi) is 5.02. The molecule has 136 valence electrons. The Labute approximate surface area is 154 Å². The van der Waals surface area contributed by atoms with Crippen LogP contribution in [0.5, 0.6) is 0 Å². The van der Waals surface area contributed by atoms with Gasteiger partial charge in [0.15, 0.2) is 0 Å². The largest absolute Gasteiger partial charge is 0.362 e. The summed E-state index contributed by atoms with van der Waals surface area (Å²) in [6, 6.07) is 14.5. The average molecular weight is 351 g/mol. The molecule has 6 heteroatoms. The second kappa shape index (κ2) is 7.74. The molecule has 3 heterocycles. The number of aromatic nitrogens is 1. The van der Waals surface area contributed by atoms with Crippen molar-refractivity contribution < 1.29 is 4.79 Å². The summed E-state index contributed by atoms with van der Waals surface area (Å²) in [4.78, 5) is 21.3. The fourth-order valence-corrected chi connectivity index (χ4v) is 3.72. The maximum atomic E-state index is 12.7. The van der Waals surface area contributed by atoms with E-state index in [0.717, 1.165) is 43.1 Å². The van der Waals surface area contributed by atoms with E-state index in [1.165, 1.54) is 6.42 Å². The van der Waals surface area contributed by atoms with Gasteiger partial charge in [0, 0.05) is 31.9 Å². The third-order valence-electron chi connectivity index (χ3n) is 5.09. The number of para-hydroxylation sites is 2. The molecule has 0 radical (unpaired) electrons. The highest BCUT2D eigenvalue weighted by Gasteiger charge is 2.27. The van der Waals surface area contributed by atoms with E-state index in [0.29, 0.717) is 19.1 Å². The Balaban J connectivity index is 1.47. The van der Waals surface area contributed by atoms with Gasteiger partial charge in [0.05, 0.1) is 23.6 Å². The summed E-state index contributed by atoms with van der Waals surface area (Å²) in [7, 11) is 0. The van der Waals surface area contributed by atoms with Gasteiger partial charge in [0.1, 0.15) is 0 Å². The number of fused-ring (bicyclic) bond motifs is 1. The summed E-state index contributed by atoms with van der Waals surface area (Å²) >= 11 is 0. The third kappa shape index (κ3) is 3.65. The number of carbonyl (C=O) groups is 1. The molecule has 2 amide bonds. The van der Waals surface area contributed by atoms with Crippen molar-refractivity contribution in [1.82, 2.24) is 15.6 Å². The van der Waals surface area contributed by atoms with E-state index >= 15 is 0 Å². The van der Waals surface area contributed by atoms with Crippen LogP contribution >= 0.6 is 0 Å². The first kappa shape index (κ1) is 16.8. The monoisotopic (exact) mass is 351 g/mol. The fourth-order valence-electron chi connectivity index (χ4n) is 3.72. The van der Waals surface area contributed by atoms with Crippen molar-refractivity contribution in [1.29, 1.82) is 0 Å². The van der Waals surface area contributed by atoms with E-state index in [1.807, 2.05) is 47.5 Å². The number of pyridine rings is 1. The van der Waals surface area contributed by atoms with E-state index in [4.69, 9.17) is 0 Å². The van der Waals surface area contributed by atoms with Crippen LogP contribution in [0.15, 0.2) is 48.7 Å². The van der Waals surface area contributed by atoms with Gasteiger partial charge in [-0.25, -0.2) is 4.79 Å². The lowest BCUT2D eigenvalue weighted by Gasteiger charge is -2.37. The predicted octanol–water partition coefficient (Wildman–Crippen LogP) is 2.37. The van der Waals surface area contributed by atoms with Crippen molar-refractivity contribution >= 4 is 17.4 Å². The standard InChI is InChI=1S/C20H25N5O/c26-20(23-14-16-7-5-11-21-16)25-13-12-24(15-17-6-3-4-10-22-17)18-8-1-2-9-19(18)25/h1-4,6,8-10,16,21H,5,7,11-15H2,(H,23,26). The molecule has 2 N–H and O–H groups in total. The Morgan fingerprint density at radius 3 is 2.77 bits per heavy atom. The number of rotatable bonds is 4. The van der Waals surface area contributed by atoms with Crippen LogP contribution in [0.2, 0.25) is 0 Å². The zero-order valence-electron chi connectivity index (χ0n) is 14.9. The molecule has 2 aromatic rings. The molecule has 6 nitrogen and oxygen atoms in total. The maximum absolute atomic E-state index is 12.7. The van der Waals surface area contributed by atoms with Crippen LogP contribution in [0.3, 0.4) is 0 Å². The number of urea groups is 1. The van der Waals surface area contributed by atoms with Gasteiger partial charge in [-0.3, -0.25) is 9.88 Å². The normalized spacial score (nSPS) is 19.3. The number of hydrogen-bond acceptors (Lipinski definition) is 4. The summed E-state index contributed by atoms with van der Waals surface area (Å²) in [6.45, 7) is 3.96. The Morgan fingerprint density at radius 2 is 2.00 bits per heavy atom. The summed E-state index contributed by atoms with van der Waals surface area (Å²) in [5, 5.41) is 6.51. The van der Waals surface area contributed by atoms with Crippen molar-refractivity contribution in [2.24, 2.45) is 0 Å². The molecular weight excluding hydrogens is 326 g/mol. The first-order valence-electron chi connectivity index (χ1n) is 9.34. The number of nitrogens with zero attached hydrogens (tertiary/aromatic N) is 3. The molecule has 1 atom stereocenters. The van der Waals surface area contributed by atoms with Gasteiger partial charge in [-0.1, -0.05) is 18.2 Å². The first-order chi connectivity index (χ1) is 12.8. The molecule has 4 rings (SSSR count). The smallest absolute Gasteiger partial charge is 0.322 e. The van der Waals surface area contributed by atoms with E-state index in [1.54, 1.807) is 0 Å². The van der Waals surface area contributed by atoms with Gasteiger partial charge in [-0.2, -0.15) is 0 Å². The highest BCUT2D eigenvalue weighted by atomic mass is 16.2. The minimum absolute atomic E-state index is 0.0105. The highest BCUT2D eigenvalue weighted by Crippen LogP contribution is 2.33. The fraction of sp³-hybridized carbons (Fsp3) is 0.400. The topological polar surface area (TPSA) is 60.5 Å². The lowest BCUT2D eigenvalue weighted by molar-refractivity contribution is 0.245. The van der Waals surface area contributed by atoms with Gasteiger partial charge in [0.2, 0.25) is 0 Å². The third-order valence-corrected chi connectivity index (χ3v) is 5.09. The van der Waals surface area contributed by atoms with Gasteiger partial charge in [0.25, 0.3) is 0 Å². The van der Waals surface area contributed by atoms with Crippen LogP contribution in [0.1, 0.15) is 18.5 Å². The van der Waals surface area contributed by atoms with E-state index in [2.05, 4.69) is 26.6 Å². The minimum atomic E-state index is -0.0105. The maximum Gasteiger partial charge on any atom is 0.322 e. The number of hydrogen-bond donors (Lipinski definition) is 2. The number of carbonyl (C=O) groups excluding carboxylic acids is 1. The Morgan fingerprint density at radius 1 is 1.15 bits per heavy atom. The van der Waals surface area contributed by atoms with E-state index in [9.17, 15) is 4.79 Å². The van der Waals surface area contributed by atoms with Gasteiger partial charge in [-0.05, 0) is 43.7 Å². The summed E-state index contributed by atoms with van der Waals surface area (Å²) in [6.07, 6.45) is 4.15. The van der Waals surface area contributed by atoms with Crippen LogP contribution in [0.25, 0.3) is 0 Å². The van der Waals surface area contributed by atoms with Crippen LogP contribution in [0, 0.1) is 0 Å². The van der Waals surface area contributed by atoms with Crippen LogP contribution in [-0.4, -0.2) is 43.2 Å². The molecule has 0 bridgehead atoms. The van der Waals surface area contributed by atoms with Crippen molar-refractivity contribution in [3.05, 3.63) is 54.4 Å². The van der Waals surface area contributed by atoms with Crippen molar-refractivity contribution in [3.8, 4) is 0 Å². The summed E-state index contributed by atoms with van der Waals surface area (Å²) in [5.41, 5.74) is 3.08. The molecule has 2 aliphatic rings. The van der Waals surface area contributed by atoms with Gasteiger partial charge in [-0.15, -0.1) is 0 Å². The predicted molar refractivity (Wildman–Crippen MR) is 103 cm³/mol.